The molecule has 2 fully saturated rings. The monoisotopic (exact) mass is 416 g/mol. The lowest BCUT2D eigenvalue weighted by Crippen LogP contribution is -2.35. The number of piperidine rings is 1. The fourth-order valence-corrected chi connectivity index (χ4v) is 4.62. The predicted octanol–water partition coefficient (Wildman–Crippen LogP) is 3.99. The smallest absolute Gasteiger partial charge is 0.253 e. The number of benzene rings is 2. The molecular weight excluding hydrogens is 384 g/mol. The molecule has 5 nitrogen and oxygen atoms in total. The van der Waals surface area contributed by atoms with Gasteiger partial charge in [0.2, 0.25) is 0 Å². The summed E-state index contributed by atoms with van der Waals surface area (Å²) in [5.41, 5.74) is 4.52. The molecule has 0 unspecified atom stereocenters. The Morgan fingerprint density at radius 2 is 1.68 bits per heavy atom. The second-order valence-corrected chi connectivity index (χ2v) is 8.85. The van der Waals surface area contributed by atoms with Gasteiger partial charge < -0.3 is 9.80 Å². The van der Waals surface area contributed by atoms with Gasteiger partial charge in [-0.25, -0.2) is 0 Å². The molecule has 2 aliphatic heterocycles. The van der Waals surface area contributed by atoms with Gasteiger partial charge in [0.25, 0.3) is 5.91 Å². The number of nitrogens with zero attached hydrogens (tertiary/aromatic N) is 4. The molecule has 2 aromatic carbocycles. The molecule has 2 aromatic rings. The maximum absolute atomic E-state index is 12.7. The van der Waals surface area contributed by atoms with Gasteiger partial charge in [-0.15, -0.1) is 0 Å². The molecule has 2 heterocycles. The van der Waals surface area contributed by atoms with Gasteiger partial charge in [-0.3, -0.25) is 9.69 Å². The molecule has 0 aliphatic carbocycles. The number of carbonyl (C=O) groups is 1. The van der Waals surface area contributed by atoms with Gasteiger partial charge in [0.15, 0.2) is 0 Å². The average Bonchev–Trinajstić information content (AvgIpc) is 3.03. The molecule has 0 spiro atoms. The van der Waals surface area contributed by atoms with Crippen molar-refractivity contribution in [2.24, 2.45) is 0 Å². The summed E-state index contributed by atoms with van der Waals surface area (Å²) >= 11 is 0. The van der Waals surface area contributed by atoms with E-state index in [1.807, 2.05) is 35.2 Å². The van der Waals surface area contributed by atoms with Crippen LogP contribution in [0, 0.1) is 11.3 Å². The van der Waals surface area contributed by atoms with Gasteiger partial charge in [0, 0.05) is 38.3 Å². The molecule has 162 valence electrons. The molecule has 0 radical (unpaired) electrons. The van der Waals surface area contributed by atoms with E-state index in [0.717, 1.165) is 75.3 Å². The topological polar surface area (TPSA) is 50.6 Å². The van der Waals surface area contributed by atoms with Crippen LogP contribution in [0.25, 0.3) is 11.1 Å². The maximum Gasteiger partial charge on any atom is 0.253 e. The maximum atomic E-state index is 12.7. The molecule has 31 heavy (non-hydrogen) atoms. The van der Waals surface area contributed by atoms with Crippen molar-refractivity contribution in [2.45, 2.75) is 32.2 Å². The van der Waals surface area contributed by atoms with Gasteiger partial charge in [-0.2, -0.15) is 5.26 Å². The molecule has 1 amide bonds. The Morgan fingerprint density at radius 3 is 2.42 bits per heavy atom. The SMILES string of the molecule is CN1CCCN(Cc2ccc(-c3ccc(C(=O)N4CCCCC4)cc3)c(C#N)c2)CC1. The molecule has 0 N–H and O–H groups in total. The van der Waals surface area contributed by atoms with Crippen molar-refractivity contribution in [3.8, 4) is 17.2 Å². The summed E-state index contributed by atoms with van der Waals surface area (Å²) in [4.78, 5) is 19.5. The van der Waals surface area contributed by atoms with E-state index in [9.17, 15) is 10.1 Å². The van der Waals surface area contributed by atoms with Crippen LogP contribution >= 0.6 is 0 Å². The summed E-state index contributed by atoms with van der Waals surface area (Å²) in [7, 11) is 2.18. The Balaban J connectivity index is 1.47. The third-order valence-corrected chi connectivity index (χ3v) is 6.51. The zero-order valence-corrected chi connectivity index (χ0v) is 18.5. The minimum absolute atomic E-state index is 0.116. The second kappa shape index (κ2) is 10.1. The number of amides is 1. The average molecular weight is 417 g/mol. The second-order valence-electron chi connectivity index (χ2n) is 8.85. The highest BCUT2D eigenvalue weighted by Crippen LogP contribution is 2.26. The molecular formula is C26H32N4O. The van der Waals surface area contributed by atoms with Gasteiger partial charge in [0.1, 0.15) is 0 Å². The Bertz CT molecular complexity index is 941. The summed E-state index contributed by atoms with van der Waals surface area (Å²) < 4.78 is 0. The van der Waals surface area contributed by atoms with Gasteiger partial charge in [-0.05, 0) is 80.7 Å². The highest BCUT2D eigenvalue weighted by atomic mass is 16.2. The summed E-state index contributed by atoms with van der Waals surface area (Å²) in [6.07, 6.45) is 4.58. The van der Waals surface area contributed by atoms with Crippen molar-refractivity contribution in [3.05, 3.63) is 59.2 Å². The fraction of sp³-hybridized carbons (Fsp3) is 0.462. The number of hydrogen-bond donors (Lipinski definition) is 0. The van der Waals surface area contributed by atoms with Crippen molar-refractivity contribution in [1.29, 1.82) is 5.26 Å². The normalized spacial score (nSPS) is 18.4. The Hall–Kier alpha value is -2.68. The van der Waals surface area contributed by atoms with E-state index in [-0.39, 0.29) is 5.91 Å². The zero-order valence-electron chi connectivity index (χ0n) is 18.5. The third-order valence-electron chi connectivity index (χ3n) is 6.51. The van der Waals surface area contributed by atoms with Crippen molar-refractivity contribution in [2.75, 3.05) is 46.3 Å². The van der Waals surface area contributed by atoms with E-state index in [1.54, 1.807) is 0 Å². The van der Waals surface area contributed by atoms with E-state index in [4.69, 9.17) is 0 Å². The quantitative estimate of drug-likeness (QED) is 0.756. The van der Waals surface area contributed by atoms with Crippen molar-refractivity contribution in [3.63, 3.8) is 0 Å². The highest BCUT2D eigenvalue weighted by molar-refractivity contribution is 5.94. The first-order chi connectivity index (χ1) is 15.1. The van der Waals surface area contributed by atoms with Crippen LogP contribution < -0.4 is 0 Å². The third kappa shape index (κ3) is 5.33. The molecule has 0 aromatic heterocycles. The van der Waals surface area contributed by atoms with E-state index >= 15 is 0 Å². The van der Waals surface area contributed by atoms with Gasteiger partial charge in [-0.1, -0.05) is 24.3 Å². The molecule has 2 aliphatic rings. The van der Waals surface area contributed by atoms with Crippen molar-refractivity contribution >= 4 is 5.91 Å². The first-order valence-electron chi connectivity index (χ1n) is 11.5. The summed E-state index contributed by atoms with van der Waals surface area (Å²) in [6.45, 7) is 6.99. The summed E-state index contributed by atoms with van der Waals surface area (Å²) in [5, 5.41) is 9.77. The molecule has 5 heteroatoms. The standard InChI is InChI=1S/C26H32N4O/c1-28-12-5-13-29(17-16-28)20-21-6-11-25(24(18-21)19-27)22-7-9-23(10-8-22)26(31)30-14-3-2-4-15-30/h6-11,18H,2-5,12-17,20H2,1H3. The first-order valence-corrected chi connectivity index (χ1v) is 11.5. The zero-order chi connectivity index (χ0) is 21.6. The minimum Gasteiger partial charge on any atom is -0.339 e. The molecule has 0 bridgehead atoms. The molecule has 4 rings (SSSR count). The number of carbonyl (C=O) groups excluding carboxylic acids is 1. The summed E-state index contributed by atoms with van der Waals surface area (Å²) in [6, 6.07) is 16.3. The number of rotatable bonds is 4. The Morgan fingerprint density at radius 1 is 0.903 bits per heavy atom. The van der Waals surface area contributed by atoms with E-state index in [0.29, 0.717) is 5.56 Å². The van der Waals surface area contributed by atoms with Crippen LogP contribution in [0.3, 0.4) is 0 Å². The summed E-state index contributed by atoms with van der Waals surface area (Å²) in [5.74, 6) is 0.116. The van der Waals surface area contributed by atoms with Crippen LogP contribution in [0.4, 0.5) is 0 Å². The number of nitriles is 1. The predicted molar refractivity (Wildman–Crippen MR) is 124 cm³/mol. The van der Waals surface area contributed by atoms with Gasteiger partial charge in [0.05, 0.1) is 11.6 Å². The van der Waals surface area contributed by atoms with Crippen molar-refractivity contribution in [1.82, 2.24) is 14.7 Å². The Kier molecular flexibility index (Phi) is 7.01. The molecule has 2 saturated heterocycles. The van der Waals surface area contributed by atoms with Gasteiger partial charge >= 0.3 is 0 Å². The van der Waals surface area contributed by atoms with Crippen LogP contribution in [0.5, 0.6) is 0 Å². The van der Waals surface area contributed by atoms with Crippen LogP contribution in [0.2, 0.25) is 0 Å². The fourth-order valence-electron chi connectivity index (χ4n) is 4.62. The highest BCUT2D eigenvalue weighted by Gasteiger charge is 2.18. The van der Waals surface area contributed by atoms with Crippen LogP contribution in [0.15, 0.2) is 42.5 Å². The van der Waals surface area contributed by atoms with Crippen LogP contribution in [0.1, 0.15) is 47.2 Å². The van der Waals surface area contributed by atoms with Crippen LogP contribution in [-0.2, 0) is 6.54 Å². The van der Waals surface area contributed by atoms with Crippen molar-refractivity contribution < 1.29 is 4.79 Å². The lowest BCUT2D eigenvalue weighted by atomic mass is 9.97. The minimum atomic E-state index is 0.116. The van der Waals surface area contributed by atoms with E-state index in [2.05, 4.69) is 35.0 Å². The van der Waals surface area contributed by atoms with Crippen LogP contribution in [-0.4, -0.2) is 66.9 Å². The van der Waals surface area contributed by atoms with E-state index < -0.39 is 0 Å². The molecule has 0 atom stereocenters. The number of likely N-dealkylation sites (tertiary alicyclic amines) is 1. The lowest BCUT2D eigenvalue weighted by molar-refractivity contribution is 0.0724. The number of likely N-dealkylation sites (N-methyl/N-ethyl adjacent to an activating group) is 1. The number of hydrogen-bond acceptors (Lipinski definition) is 4. The Labute approximate surface area is 185 Å². The molecule has 0 saturated carbocycles. The van der Waals surface area contributed by atoms with E-state index in [1.165, 1.54) is 18.4 Å². The lowest BCUT2D eigenvalue weighted by Gasteiger charge is -2.26. The first kappa shape index (κ1) is 21.5. The largest absolute Gasteiger partial charge is 0.339 e.